The van der Waals surface area contributed by atoms with Gasteiger partial charge < -0.3 is 15.4 Å². The van der Waals surface area contributed by atoms with Crippen LogP contribution >= 0.6 is 22.9 Å². The molecule has 0 spiro atoms. The Morgan fingerprint density at radius 1 is 1.00 bits per heavy atom. The number of benzene rings is 2. The van der Waals surface area contributed by atoms with Gasteiger partial charge in [0.25, 0.3) is 11.8 Å². The summed E-state index contributed by atoms with van der Waals surface area (Å²) in [5.41, 5.74) is 3.63. The van der Waals surface area contributed by atoms with E-state index in [2.05, 4.69) is 10.6 Å². The first-order valence-corrected chi connectivity index (χ1v) is 11.2. The molecule has 1 aromatic heterocycles. The van der Waals surface area contributed by atoms with Crippen LogP contribution in [0.5, 0.6) is 0 Å². The fraction of sp³-hybridized carbons (Fsp3) is 0.208. The summed E-state index contributed by atoms with van der Waals surface area (Å²) in [7, 11) is 0. The summed E-state index contributed by atoms with van der Waals surface area (Å²) >= 11 is 7.01. The number of hydrogen-bond acceptors (Lipinski definition) is 5. The summed E-state index contributed by atoms with van der Waals surface area (Å²) in [5, 5.41) is 6.28. The van der Waals surface area contributed by atoms with E-state index in [1.807, 2.05) is 32.0 Å². The Bertz CT molecular complexity index is 1200. The summed E-state index contributed by atoms with van der Waals surface area (Å²) in [5.74, 6) is -1.41. The molecule has 0 atom stereocenters. The molecule has 2 amide bonds. The Morgan fingerprint density at radius 2 is 1.75 bits per heavy atom. The number of nitrogens with one attached hydrogen (secondary N) is 2. The van der Waals surface area contributed by atoms with Gasteiger partial charge in [0.2, 0.25) is 0 Å². The first-order chi connectivity index (χ1) is 15.2. The number of carbonyl (C=O) groups is 3. The second-order valence-electron chi connectivity index (χ2n) is 7.22. The number of thiophene rings is 1. The Kier molecular flexibility index (Phi) is 7.33. The average Bonchev–Trinajstić information content (AvgIpc) is 3.06. The lowest BCUT2D eigenvalue weighted by atomic mass is 10.1. The zero-order valence-corrected chi connectivity index (χ0v) is 19.7. The Balaban J connectivity index is 1.96. The molecule has 166 valence electrons. The van der Waals surface area contributed by atoms with Crippen LogP contribution in [0.25, 0.3) is 0 Å². The average molecular weight is 471 g/mol. The molecular formula is C24H23ClN2O4S. The van der Waals surface area contributed by atoms with Gasteiger partial charge >= 0.3 is 5.97 Å². The van der Waals surface area contributed by atoms with E-state index in [0.29, 0.717) is 26.7 Å². The molecule has 1 heterocycles. The van der Waals surface area contributed by atoms with E-state index in [0.717, 1.165) is 22.5 Å². The van der Waals surface area contributed by atoms with E-state index in [4.69, 9.17) is 16.3 Å². The number of halogens is 1. The Hall–Kier alpha value is -3.16. The second-order valence-corrected chi connectivity index (χ2v) is 8.67. The SMILES string of the molecule is CCOC(=O)c1c(NC(=O)c2cccc(Cl)c2)sc(C(=O)Nc2ccc(C)cc2C)c1C. The topological polar surface area (TPSA) is 84.5 Å². The van der Waals surface area contributed by atoms with Gasteiger partial charge in [0.1, 0.15) is 5.00 Å². The van der Waals surface area contributed by atoms with Crippen molar-refractivity contribution < 1.29 is 19.1 Å². The van der Waals surface area contributed by atoms with Crippen molar-refractivity contribution in [3.8, 4) is 0 Å². The molecule has 0 aliphatic carbocycles. The molecule has 3 aromatic rings. The molecule has 2 aromatic carbocycles. The zero-order chi connectivity index (χ0) is 23.4. The molecule has 0 saturated carbocycles. The molecule has 8 heteroatoms. The van der Waals surface area contributed by atoms with Crippen molar-refractivity contribution in [1.82, 2.24) is 0 Å². The van der Waals surface area contributed by atoms with Crippen LogP contribution in [0.3, 0.4) is 0 Å². The summed E-state index contributed by atoms with van der Waals surface area (Å²) in [6.45, 7) is 7.40. The number of anilines is 2. The van der Waals surface area contributed by atoms with E-state index >= 15 is 0 Å². The summed E-state index contributed by atoms with van der Waals surface area (Å²) in [6, 6.07) is 12.2. The van der Waals surface area contributed by atoms with Crippen LogP contribution in [0.4, 0.5) is 10.7 Å². The van der Waals surface area contributed by atoms with Gasteiger partial charge in [0.05, 0.1) is 17.0 Å². The molecule has 3 rings (SSSR count). The van der Waals surface area contributed by atoms with Gasteiger partial charge in [0.15, 0.2) is 0 Å². The lowest BCUT2D eigenvalue weighted by molar-refractivity contribution is 0.0527. The fourth-order valence-corrected chi connectivity index (χ4v) is 4.48. The predicted octanol–water partition coefficient (Wildman–Crippen LogP) is 6.01. The van der Waals surface area contributed by atoms with E-state index in [9.17, 15) is 14.4 Å². The number of rotatable bonds is 6. The maximum absolute atomic E-state index is 13.0. The van der Waals surface area contributed by atoms with Crippen LogP contribution in [0, 0.1) is 20.8 Å². The predicted molar refractivity (Wildman–Crippen MR) is 128 cm³/mol. The number of esters is 1. The minimum atomic E-state index is -0.604. The standard InChI is InChI=1S/C24H23ClN2O4S/c1-5-31-24(30)19-15(4)20(22(29)26-18-10-9-13(2)11-14(18)3)32-23(19)27-21(28)16-7-6-8-17(25)12-16/h6-12H,5H2,1-4H3,(H,26,29)(H,27,28). The van der Waals surface area contributed by atoms with Crippen molar-refractivity contribution in [2.45, 2.75) is 27.7 Å². The van der Waals surface area contributed by atoms with Crippen molar-refractivity contribution in [1.29, 1.82) is 0 Å². The van der Waals surface area contributed by atoms with Crippen molar-refractivity contribution in [3.63, 3.8) is 0 Å². The summed E-state index contributed by atoms with van der Waals surface area (Å²) in [6.07, 6.45) is 0. The molecule has 2 N–H and O–H groups in total. The lowest BCUT2D eigenvalue weighted by Crippen LogP contribution is -2.15. The quantitative estimate of drug-likeness (QED) is 0.432. The van der Waals surface area contributed by atoms with Gasteiger partial charge in [-0.05, 0) is 63.1 Å². The third kappa shape index (κ3) is 5.18. The molecule has 0 radical (unpaired) electrons. The second kappa shape index (κ2) is 9.97. The van der Waals surface area contributed by atoms with Gasteiger partial charge in [-0.2, -0.15) is 0 Å². The van der Waals surface area contributed by atoms with Gasteiger partial charge in [-0.15, -0.1) is 11.3 Å². The number of amides is 2. The van der Waals surface area contributed by atoms with Crippen LogP contribution < -0.4 is 10.6 Å². The maximum atomic E-state index is 13.0. The largest absolute Gasteiger partial charge is 0.462 e. The maximum Gasteiger partial charge on any atom is 0.341 e. The van der Waals surface area contributed by atoms with Crippen LogP contribution in [-0.4, -0.2) is 24.4 Å². The van der Waals surface area contributed by atoms with Crippen molar-refractivity contribution in [2.75, 3.05) is 17.2 Å². The highest BCUT2D eigenvalue weighted by Gasteiger charge is 2.27. The third-order valence-electron chi connectivity index (χ3n) is 4.78. The summed E-state index contributed by atoms with van der Waals surface area (Å²) in [4.78, 5) is 38.7. The summed E-state index contributed by atoms with van der Waals surface area (Å²) < 4.78 is 5.16. The van der Waals surface area contributed by atoms with Crippen molar-refractivity contribution in [3.05, 3.63) is 80.2 Å². The van der Waals surface area contributed by atoms with Crippen molar-refractivity contribution in [2.24, 2.45) is 0 Å². The highest BCUT2D eigenvalue weighted by Crippen LogP contribution is 2.35. The molecule has 0 unspecified atom stereocenters. The van der Waals surface area contributed by atoms with Crippen molar-refractivity contribution >= 4 is 51.4 Å². The Labute approximate surface area is 195 Å². The monoisotopic (exact) mass is 470 g/mol. The van der Waals surface area contributed by atoms with E-state index < -0.39 is 11.9 Å². The fourth-order valence-electron chi connectivity index (χ4n) is 3.21. The van der Waals surface area contributed by atoms with Crippen LogP contribution in [-0.2, 0) is 4.74 Å². The minimum absolute atomic E-state index is 0.165. The first-order valence-electron chi connectivity index (χ1n) is 9.97. The number of carbonyl (C=O) groups excluding carboxylic acids is 3. The molecule has 0 aliphatic rings. The van der Waals surface area contributed by atoms with Gasteiger partial charge in [0, 0.05) is 16.3 Å². The Morgan fingerprint density at radius 3 is 2.41 bits per heavy atom. The number of ether oxygens (including phenoxy) is 1. The third-order valence-corrected chi connectivity index (χ3v) is 6.22. The molecule has 32 heavy (non-hydrogen) atoms. The van der Waals surface area contributed by atoms with Gasteiger partial charge in [-0.1, -0.05) is 35.4 Å². The molecule has 0 bridgehead atoms. The van der Waals surface area contributed by atoms with E-state index in [1.54, 1.807) is 32.0 Å². The highest BCUT2D eigenvalue weighted by atomic mass is 35.5. The first kappa shape index (κ1) is 23.5. The molecule has 0 saturated heterocycles. The molecular weight excluding hydrogens is 448 g/mol. The van der Waals surface area contributed by atoms with E-state index in [1.165, 1.54) is 6.07 Å². The molecule has 0 aliphatic heterocycles. The van der Waals surface area contributed by atoms with Gasteiger partial charge in [-0.3, -0.25) is 9.59 Å². The van der Waals surface area contributed by atoms with Crippen LogP contribution in [0.2, 0.25) is 5.02 Å². The number of aryl methyl sites for hydroxylation is 2. The van der Waals surface area contributed by atoms with Gasteiger partial charge in [-0.25, -0.2) is 4.79 Å². The normalized spacial score (nSPS) is 10.5. The lowest BCUT2D eigenvalue weighted by Gasteiger charge is -2.09. The zero-order valence-electron chi connectivity index (χ0n) is 18.2. The molecule has 0 fully saturated rings. The van der Waals surface area contributed by atoms with E-state index in [-0.39, 0.29) is 23.1 Å². The molecule has 6 nitrogen and oxygen atoms in total. The minimum Gasteiger partial charge on any atom is -0.462 e. The smallest absolute Gasteiger partial charge is 0.341 e. The number of hydrogen-bond donors (Lipinski definition) is 2. The van der Waals surface area contributed by atoms with Crippen LogP contribution in [0.1, 0.15) is 54.0 Å². The van der Waals surface area contributed by atoms with Crippen LogP contribution in [0.15, 0.2) is 42.5 Å². The highest BCUT2D eigenvalue weighted by molar-refractivity contribution is 7.19.